The molecule has 0 amide bonds. The average Bonchev–Trinajstić information content (AvgIpc) is 2.35. The van der Waals surface area contributed by atoms with Crippen molar-refractivity contribution in [3.63, 3.8) is 0 Å². The van der Waals surface area contributed by atoms with E-state index in [2.05, 4.69) is 15.0 Å². The van der Waals surface area contributed by atoms with E-state index in [-0.39, 0.29) is 6.61 Å². The molecule has 0 saturated carbocycles. The third kappa shape index (κ3) is 4.40. The smallest absolute Gasteiger partial charge is 0.281 e. The Hall–Kier alpha value is -0.330. The highest BCUT2D eigenvalue weighted by Crippen LogP contribution is 2.09. The largest absolute Gasteiger partial charge is 0.690 e. The number of nitrogens with zero attached hydrogens (tertiary/aromatic N) is 3. The third-order valence-electron chi connectivity index (χ3n) is 2.69. The normalized spacial score (nSPS) is 19.6. The first kappa shape index (κ1) is 15.7. The number of hydrogen-bond donors (Lipinski definition) is 0. The standard InChI is InChI=1S/C8H19N3O6S/c1-9(2)18(13,14)11-5-3-10(4-6-11)7-8-15-17-16-12/h12H,3-8H2,1-2H3/p-1. The fraction of sp³-hybridized carbons (Fsp3) is 1.00. The second kappa shape index (κ2) is 7.31. The van der Waals surface area contributed by atoms with Crippen LogP contribution in [-0.4, -0.2) is 75.4 Å². The van der Waals surface area contributed by atoms with Crippen molar-refractivity contribution >= 4 is 10.2 Å². The summed E-state index contributed by atoms with van der Waals surface area (Å²) in [5, 5.41) is 16.2. The van der Waals surface area contributed by atoms with Crippen molar-refractivity contribution in [2.24, 2.45) is 0 Å². The van der Waals surface area contributed by atoms with Crippen LogP contribution in [0.15, 0.2) is 0 Å². The fourth-order valence-corrected chi connectivity index (χ4v) is 2.72. The summed E-state index contributed by atoms with van der Waals surface area (Å²) < 4.78 is 26.3. The molecule has 0 radical (unpaired) electrons. The number of hydrogen-bond acceptors (Lipinski definition) is 7. The van der Waals surface area contributed by atoms with Crippen molar-refractivity contribution in [1.82, 2.24) is 13.5 Å². The van der Waals surface area contributed by atoms with Crippen molar-refractivity contribution in [2.45, 2.75) is 0 Å². The quantitative estimate of drug-likeness (QED) is 0.291. The van der Waals surface area contributed by atoms with Gasteiger partial charge in [0.15, 0.2) is 0 Å². The molecule has 9 nitrogen and oxygen atoms in total. The van der Waals surface area contributed by atoms with Crippen molar-refractivity contribution in [3.05, 3.63) is 0 Å². The molecule has 0 atom stereocenters. The summed E-state index contributed by atoms with van der Waals surface area (Å²) in [7, 11) is -0.310. The average molecular weight is 284 g/mol. The molecule has 0 unspecified atom stereocenters. The maximum Gasteiger partial charge on any atom is 0.281 e. The lowest BCUT2D eigenvalue weighted by Gasteiger charge is -2.34. The van der Waals surface area contributed by atoms with Gasteiger partial charge in [-0.2, -0.15) is 17.0 Å². The van der Waals surface area contributed by atoms with E-state index in [1.807, 2.05) is 4.90 Å². The van der Waals surface area contributed by atoms with Gasteiger partial charge in [0, 0.05) is 46.8 Å². The highest BCUT2D eigenvalue weighted by atomic mass is 32.2. The molecule has 1 aliphatic rings. The first-order chi connectivity index (χ1) is 8.48. The Morgan fingerprint density at radius 2 is 1.83 bits per heavy atom. The molecule has 108 valence electrons. The molecular formula is C8H18N3O6S-. The molecule has 0 aromatic carbocycles. The van der Waals surface area contributed by atoms with E-state index in [0.717, 1.165) is 0 Å². The minimum atomic E-state index is -3.33. The lowest BCUT2D eigenvalue weighted by atomic mass is 10.4. The predicted octanol–water partition coefficient (Wildman–Crippen LogP) is -2.43. The molecule has 1 fully saturated rings. The van der Waals surface area contributed by atoms with E-state index in [9.17, 15) is 13.7 Å². The highest BCUT2D eigenvalue weighted by molar-refractivity contribution is 7.86. The van der Waals surface area contributed by atoms with Gasteiger partial charge in [-0.3, -0.25) is 9.94 Å². The van der Waals surface area contributed by atoms with E-state index < -0.39 is 10.2 Å². The molecule has 0 N–H and O–H groups in total. The van der Waals surface area contributed by atoms with Gasteiger partial charge in [-0.05, 0) is 0 Å². The third-order valence-corrected chi connectivity index (χ3v) is 4.63. The van der Waals surface area contributed by atoms with Crippen LogP contribution >= 0.6 is 0 Å². The summed E-state index contributed by atoms with van der Waals surface area (Å²) in [5.41, 5.74) is 0. The summed E-state index contributed by atoms with van der Waals surface area (Å²) in [6, 6.07) is 0. The van der Waals surface area contributed by atoms with E-state index in [0.29, 0.717) is 32.7 Å². The molecule has 1 heterocycles. The summed E-state index contributed by atoms with van der Waals surface area (Å²) in [5.74, 6) is 0. The van der Waals surface area contributed by atoms with Crippen LogP contribution in [0.1, 0.15) is 0 Å². The monoisotopic (exact) mass is 284 g/mol. The predicted molar refractivity (Wildman–Crippen MR) is 58.7 cm³/mol. The molecule has 1 rings (SSSR count). The topological polar surface area (TPSA) is 94.6 Å². The fourth-order valence-electron chi connectivity index (χ4n) is 1.63. The minimum Gasteiger partial charge on any atom is -0.690 e. The van der Waals surface area contributed by atoms with Gasteiger partial charge in [-0.1, -0.05) is 5.04 Å². The second-order valence-electron chi connectivity index (χ2n) is 3.99. The minimum absolute atomic E-state index is 0.183. The zero-order valence-electron chi connectivity index (χ0n) is 10.4. The van der Waals surface area contributed by atoms with E-state index in [1.165, 1.54) is 22.7 Å². The summed E-state index contributed by atoms with van der Waals surface area (Å²) >= 11 is 0. The van der Waals surface area contributed by atoms with Crippen LogP contribution in [-0.2, 0) is 25.2 Å². The number of rotatable bonds is 7. The van der Waals surface area contributed by atoms with Crippen molar-refractivity contribution in [2.75, 3.05) is 53.4 Å². The lowest BCUT2D eigenvalue weighted by molar-refractivity contribution is -0.849. The molecule has 1 aliphatic heterocycles. The van der Waals surface area contributed by atoms with Crippen LogP contribution in [0.2, 0.25) is 0 Å². The van der Waals surface area contributed by atoms with Gasteiger partial charge < -0.3 is 5.26 Å². The first-order valence-electron chi connectivity index (χ1n) is 5.46. The van der Waals surface area contributed by atoms with E-state index in [1.54, 1.807) is 0 Å². The van der Waals surface area contributed by atoms with Gasteiger partial charge in [0.1, 0.15) is 0 Å². The molecule has 0 aromatic heterocycles. The van der Waals surface area contributed by atoms with Crippen LogP contribution in [0.4, 0.5) is 0 Å². The van der Waals surface area contributed by atoms with Gasteiger partial charge in [-0.15, -0.1) is 0 Å². The van der Waals surface area contributed by atoms with Crippen LogP contribution < -0.4 is 5.26 Å². The van der Waals surface area contributed by atoms with Crippen LogP contribution in [0, 0.1) is 0 Å². The Morgan fingerprint density at radius 3 is 2.33 bits per heavy atom. The Bertz CT molecular complexity index is 328. The van der Waals surface area contributed by atoms with Gasteiger partial charge in [-0.25, -0.2) is 4.89 Å². The summed E-state index contributed by atoms with van der Waals surface area (Å²) in [4.78, 5) is 6.41. The number of piperazine rings is 1. The maximum absolute atomic E-state index is 11.8. The van der Waals surface area contributed by atoms with Gasteiger partial charge in [0.05, 0.1) is 6.61 Å². The highest BCUT2D eigenvalue weighted by Gasteiger charge is 2.28. The zero-order valence-corrected chi connectivity index (χ0v) is 11.3. The van der Waals surface area contributed by atoms with Crippen LogP contribution in [0.5, 0.6) is 0 Å². The van der Waals surface area contributed by atoms with Gasteiger partial charge in [0.2, 0.25) is 0 Å². The molecule has 10 heteroatoms. The maximum atomic E-state index is 11.8. The van der Waals surface area contributed by atoms with Crippen molar-refractivity contribution in [3.8, 4) is 0 Å². The van der Waals surface area contributed by atoms with Gasteiger partial charge in [0.25, 0.3) is 10.2 Å². The Labute approximate surface area is 106 Å². The van der Waals surface area contributed by atoms with Crippen molar-refractivity contribution in [1.29, 1.82) is 0 Å². The van der Waals surface area contributed by atoms with Crippen LogP contribution in [0.3, 0.4) is 0 Å². The van der Waals surface area contributed by atoms with E-state index in [4.69, 9.17) is 0 Å². The van der Waals surface area contributed by atoms with Crippen LogP contribution in [0.25, 0.3) is 0 Å². The molecular weight excluding hydrogens is 266 g/mol. The lowest BCUT2D eigenvalue weighted by Crippen LogP contribution is -2.52. The molecule has 0 aromatic rings. The van der Waals surface area contributed by atoms with Crippen molar-refractivity contribution < 1.29 is 28.6 Å². The SMILES string of the molecule is CN(C)S(=O)(=O)N1CCN(CCOOO[O-])CC1. The van der Waals surface area contributed by atoms with Gasteiger partial charge >= 0.3 is 0 Å². The molecule has 0 spiro atoms. The molecule has 18 heavy (non-hydrogen) atoms. The first-order valence-corrected chi connectivity index (χ1v) is 6.86. The Kier molecular flexibility index (Phi) is 6.38. The molecule has 0 aliphatic carbocycles. The molecule has 0 bridgehead atoms. The second-order valence-corrected chi connectivity index (χ2v) is 6.13. The molecule has 1 saturated heterocycles. The Balaban J connectivity index is 2.29. The summed E-state index contributed by atoms with van der Waals surface area (Å²) in [6.07, 6.45) is 0. The van der Waals surface area contributed by atoms with E-state index >= 15 is 0 Å². The Morgan fingerprint density at radius 1 is 1.22 bits per heavy atom. The summed E-state index contributed by atoms with van der Waals surface area (Å²) in [6.45, 7) is 2.80. The zero-order chi connectivity index (χ0) is 13.6.